The maximum atomic E-state index is 5.99. The summed E-state index contributed by atoms with van der Waals surface area (Å²) in [5.41, 5.74) is 9.23. The molecule has 0 fully saturated rings. The molecule has 3 rings (SSSR count). The van der Waals surface area contributed by atoms with Crippen LogP contribution in [0.1, 0.15) is 0 Å². The summed E-state index contributed by atoms with van der Waals surface area (Å²) in [7, 11) is 0. The van der Waals surface area contributed by atoms with Gasteiger partial charge in [-0.1, -0.05) is 47.1 Å². The van der Waals surface area contributed by atoms with E-state index in [4.69, 9.17) is 17.3 Å². The third-order valence-electron chi connectivity index (χ3n) is 2.84. The Labute approximate surface area is 115 Å². The summed E-state index contributed by atoms with van der Waals surface area (Å²) in [5, 5.41) is 8.66. The summed E-state index contributed by atoms with van der Waals surface area (Å²) in [4.78, 5) is 0. The first kappa shape index (κ1) is 11.7. The van der Waals surface area contributed by atoms with Crippen LogP contribution in [0.2, 0.25) is 5.02 Å². The second kappa shape index (κ2) is 4.74. The van der Waals surface area contributed by atoms with Gasteiger partial charge in [0.05, 0.1) is 23.3 Å². The molecule has 2 aromatic carbocycles. The van der Waals surface area contributed by atoms with Gasteiger partial charge in [0.15, 0.2) is 0 Å². The molecule has 1 aromatic heterocycles. The van der Waals surface area contributed by atoms with Gasteiger partial charge in [0.25, 0.3) is 0 Å². The Morgan fingerprint density at radius 1 is 1.05 bits per heavy atom. The van der Waals surface area contributed by atoms with Crippen LogP contribution < -0.4 is 5.73 Å². The van der Waals surface area contributed by atoms with Crippen LogP contribution in [-0.4, -0.2) is 15.0 Å². The molecule has 5 heteroatoms. The van der Waals surface area contributed by atoms with E-state index in [-0.39, 0.29) is 0 Å². The Hall–Kier alpha value is -2.33. The number of anilines is 1. The van der Waals surface area contributed by atoms with E-state index in [2.05, 4.69) is 10.3 Å². The van der Waals surface area contributed by atoms with Crippen LogP contribution in [0.4, 0.5) is 5.69 Å². The van der Waals surface area contributed by atoms with Gasteiger partial charge in [-0.3, -0.25) is 0 Å². The number of nitrogens with two attached hydrogens (primary N) is 1. The minimum atomic E-state index is 0.565. The summed E-state index contributed by atoms with van der Waals surface area (Å²) in [6, 6.07) is 15.2. The Bertz CT molecular complexity index is 706. The molecular weight excluding hydrogens is 260 g/mol. The van der Waals surface area contributed by atoms with Crippen molar-refractivity contribution in [1.82, 2.24) is 15.0 Å². The molecule has 19 heavy (non-hydrogen) atoms. The number of hydrogen-bond acceptors (Lipinski definition) is 3. The monoisotopic (exact) mass is 270 g/mol. The zero-order chi connectivity index (χ0) is 13.2. The molecule has 0 aliphatic rings. The molecule has 0 saturated heterocycles. The molecule has 0 amide bonds. The maximum Gasteiger partial charge on any atom is 0.0945 e. The van der Waals surface area contributed by atoms with Crippen molar-refractivity contribution < 1.29 is 0 Å². The number of benzene rings is 2. The van der Waals surface area contributed by atoms with Crippen molar-refractivity contribution in [2.45, 2.75) is 0 Å². The highest BCUT2D eigenvalue weighted by atomic mass is 35.5. The summed E-state index contributed by atoms with van der Waals surface area (Å²) >= 11 is 5.91. The molecule has 3 aromatic rings. The van der Waals surface area contributed by atoms with Crippen molar-refractivity contribution in [2.24, 2.45) is 0 Å². The number of halogens is 1. The SMILES string of the molecule is Nc1cc(Cl)ccc1-n1nncc1-c1ccccc1. The fourth-order valence-corrected chi connectivity index (χ4v) is 2.12. The fraction of sp³-hybridized carbons (Fsp3) is 0. The normalized spacial score (nSPS) is 10.6. The van der Waals surface area contributed by atoms with Crippen molar-refractivity contribution in [1.29, 1.82) is 0 Å². The highest BCUT2D eigenvalue weighted by Crippen LogP contribution is 2.26. The first-order chi connectivity index (χ1) is 9.25. The Morgan fingerprint density at radius 2 is 1.84 bits per heavy atom. The van der Waals surface area contributed by atoms with E-state index in [9.17, 15) is 0 Å². The summed E-state index contributed by atoms with van der Waals surface area (Å²) < 4.78 is 1.71. The predicted octanol–water partition coefficient (Wildman–Crippen LogP) is 3.17. The van der Waals surface area contributed by atoms with Crippen molar-refractivity contribution in [2.75, 3.05) is 5.73 Å². The standard InChI is InChI=1S/C14H11ClN4/c15-11-6-7-13(12(16)8-11)19-14(9-17-18-19)10-4-2-1-3-5-10/h1-9H,16H2. The number of aromatic nitrogens is 3. The van der Waals surface area contributed by atoms with Gasteiger partial charge in [0.1, 0.15) is 0 Å². The molecule has 4 nitrogen and oxygen atoms in total. The molecule has 0 atom stereocenters. The lowest BCUT2D eigenvalue weighted by molar-refractivity contribution is 0.809. The van der Waals surface area contributed by atoms with Crippen LogP contribution in [0, 0.1) is 0 Å². The number of hydrogen-bond donors (Lipinski definition) is 1. The molecule has 0 radical (unpaired) electrons. The van der Waals surface area contributed by atoms with Gasteiger partial charge >= 0.3 is 0 Å². The highest BCUT2D eigenvalue weighted by Gasteiger charge is 2.10. The second-order valence-corrected chi connectivity index (χ2v) is 4.54. The lowest BCUT2D eigenvalue weighted by Crippen LogP contribution is -2.03. The lowest BCUT2D eigenvalue weighted by Gasteiger charge is -2.09. The van der Waals surface area contributed by atoms with Crippen molar-refractivity contribution in [3.63, 3.8) is 0 Å². The zero-order valence-corrected chi connectivity index (χ0v) is 10.7. The Morgan fingerprint density at radius 3 is 2.58 bits per heavy atom. The largest absolute Gasteiger partial charge is 0.397 e. The molecule has 0 unspecified atom stereocenters. The third kappa shape index (κ3) is 2.18. The highest BCUT2D eigenvalue weighted by molar-refractivity contribution is 6.30. The molecule has 0 aliphatic heterocycles. The van der Waals surface area contributed by atoms with Gasteiger partial charge in [-0.2, -0.15) is 0 Å². The van der Waals surface area contributed by atoms with Crippen molar-refractivity contribution in [3.05, 3.63) is 59.8 Å². The summed E-state index contributed by atoms with van der Waals surface area (Å²) in [5.74, 6) is 0. The molecule has 0 bridgehead atoms. The van der Waals surface area contributed by atoms with Crippen molar-refractivity contribution >= 4 is 17.3 Å². The zero-order valence-electron chi connectivity index (χ0n) is 9.99. The molecule has 2 N–H and O–H groups in total. The molecule has 94 valence electrons. The van der Waals surface area contributed by atoms with E-state index in [1.807, 2.05) is 36.4 Å². The molecule has 0 saturated carbocycles. The van der Waals surface area contributed by atoms with E-state index in [1.165, 1.54) is 0 Å². The second-order valence-electron chi connectivity index (χ2n) is 4.10. The summed E-state index contributed by atoms with van der Waals surface area (Å²) in [6.45, 7) is 0. The summed E-state index contributed by atoms with van der Waals surface area (Å²) in [6.07, 6.45) is 1.71. The first-order valence-electron chi connectivity index (χ1n) is 5.77. The van der Waals surface area contributed by atoms with E-state index < -0.39 is 0 Å². The number of nitrogens with zero attached hydrogens (tertiary/aromatic N) is 3. The van der Waals surface area contributed by atoms with Crippen LogP contribution in [0.15, 0.2) is 54.7 Å². The minimum absolute atomic E-state index is 0.565. The molecule has 0 spiro atoms. The Kier molecular flexibility index (Phi) is 2.93. The lowest BCUT2D eigenvalue weighted by atomic mass is 10.1. The molecule has 0 aliphatic carbocycles. The number of nitrogen functional groups attached to an aromatic ring is 1. The first-order valence-corrected chi connectivity index (χ1v) is 6.15. The topological polar surface area (TPSA) is 56.7 Å². The average Bonchev–Trinajstić information content (AvgIpc) is 2.89. The average molecular weight is 271 g/mol. The fourth-order valence-electron chi connectivity index (χ4n) is 1.94. The van der Waals surface area contributed by atoms with Gasteiger partial charge < -0.3 is 5.73 Å². The molecule has 1 heterocycles. The van der Waals surface area contributed by atoms with E-state index >= 15 is 0 Å². The maximum absolute atomic E-state index is 5.99. The third-order valence-corrected chi connectivity index (χ3v) is 3.07. The smallest absolute Gasteiger partial charge is 0.0945 e. The quantitative estimate of drug-likeness (QED) is 0.728. The molecular formula is C14H11ClN4. The van der Waals surface area contributed by atoms with Crippen LogP contribution in [0.3, 0.4) is 0 Å². The van der Waals surface area contributed by atoms with E-state index in [0.717, 1.165) is 16.9 Å². The van der Waals surface area contributed by atoms with E-state index in [0.29, 0.717) is 10.7 Å². The van der Waals surface area contributed by atoms with Gasteiger partial charge in [0.2, 0.25) is 0 Å². The van der Waals surface area contributed by atoms with Gasteiger partial charge in [-0.15, -0.1) is 5.10 Å². The number of rotatable bonds is 2. The van der Waals surface area contributed by atoms with Crippen LogP contribution in [0.25, 0.3) is 16.9 Å². The van der Waals surface area contributed by atoms with Crippen molar-refractivity contribution in [3.8, 4) is 16.9 Å². The minimum Gasteiger partial charge on any atom is -0.397 e. The van der Waals surface area contributed by atoms with Gasteiger partial charge in [-0.05, 0) is 18.2 Å². The van der Waals surface area contributed by atoms with Gasteiger partial charge in [-0.25, -0.2) is 4.68 Å². The predicted molar refractivity (Wildman–Crippen MR) is 76.2 cm³/mol. The Balaban J connectivity index is 2.15. The van der Waals surface area contributed by atoms with Gasteiger partial charge in [0, 0.05) is 10.6 Å². The van der Waals surface area contributed by atoms with E-state index in [1.54, 1.807) is 23.0 Å². The van der Waals surface area contributed by atoms with Crippen LogP contribution in [0.5, 0.6) is 0 Å². The van der Waals surface area contributed by atoms with Crippen LogP contribution in [-0.2, 0) is 0 Å². The van der Waals surface area contributed by atoms with Crippen LogP contribution >= 0.6 is 11.6 Å².